The van der Waals surface area contributed by atoms with Gasteiger partial charge in [0.15, 0.2) is 5.16 Å². The SMILES string of the molecule is CCNC(=O)NC(=O)C(C)Sc1ncc(-c2ccccc2)n1CC1CCCO1. The fourth-order valence-corrected chi connectivity index (χ4v) is 3.99. The molecule has 2 unspecified atom stereocenters. The molecule has 3 rings (SSSR count). The van der Waals surface area contributed by atoms with Crippen LogP contribution in [0.1, 0.15) is 26.7 Å². The number of nitrogens with one attached hydrogen (secondary N) is 2. The summed E-state index contributed by atoms with van der Waals surface area (Å²) in [5.74, 6) is -0.344. The molecule has 1 fully saturated rings. The number of carbonyl (C=O) groups is 2. The molecule has 2 atom stereocenters. The molecule has 2 N–H and O–H groups in total. The average molecular weight is 403 g/mol. The fourth-order valence-electron chi connectivity index (χ4n) is 3.09. The van der Waals surface area contributed by atoms with Crippen LogP contribution in [0.5, 0.6) is 0 Å². The lowest BCUT2D eigenvalue weighted by atomic mass is 10.1. The molecule has 150 valence electrons. The number of thioether (sulfide) groups is 1. The van der Waals surface area contributed by atoms with Gasteiger partial charge in [0.2, 0.25) is 5.91 Å². The molecule has 0 aliphatic carbocycles. The Morgan fingerprint density at radius 2 is 2.14 bits per heavy atom. The Morgan fingerprint density at radius 1 is 1.36 bits per heavy atom. The van der Waals surface area contributed by atoms with Gasteiger partial charge in [0, 0.05) is 13.2 Å². The number of hydrogen-bond donors (Lipinski definition) is 2. The van der Waals surface area contributed by atoms with Crippen LogP contribution < -0.4 is 10.6 Å². The number of imidazole rings is 1. The monoisotopic (exact) mass is 402 g/mol. The van der Waals surface area contributed by atoms with E-state index in [4.69, 9.17) is 4.74 Å². The molecule has 2 aromatic rings. The normalized spacial score (nSPS) is 17.3. The molecule has 0 saturated carbocycles. The Morgan fingerprint density at radius 3 is 2.82 bits per heavy atom. The molecule has 1 aliphatic heterocycles. The van der Waals surface area contributed by atoms with Crippen LogP contribution in [0.25, 0.3) is 11.3 Å². The van der Waals surface area contributed by atoms with Crippen LogP contribution in [0.3, 0.4) is 0 Å². The predicted octanol–water partition coefficient (Wildman–Crippen LogP) is 3.06. The molecule has 7 nitrogen and oxygen atoms in total. The largest absolute Gasteiger partial charge is 0.376 e. The minimum atomic E-state index is -0.479. The third kappa shape index (κ3) is 5.14. The van der Waals surface area contributed by atoms with E-state index in [1.165, 1.54) is 11.8 Å². The molecule has 28 heavy (non-hydrogen) atoms. The summed E-state index contributed by atoms with van der Waals surface area (Å²) in [6, 6.07) is 9.58. The summed E-state index contributed by atoms with van der Waals surface area (Å²) in [6.07, 6.45) is 4.06. The number of nitrogens with zero attached hydrogens (tertiary/aromatic N) is 2. The zero-order valence-electron chi connectivity index (χ0n) is 16.2. The second-order valence-electron chi connectivity index (χ2n) is 6.65. The molecular formula is C20H26N4O3S. The standard InChI is InChI=1S/C20H26N4O3S/c1-3-21-19(26)23-18(25)14(2)28-20-22-12-17(15-8-5-4-6-9-15)24(20)13-16-10-7-11-27-16/h4-6,8-9,12,14,16H,3,7,10-11,13H2,1-2H3,(H2,21,23,25,26). The first-order valence-corrected chi connectivity index (χ1v) is 10.4. The Kier molecular flexibility index (Phi) is 7.11. The zero-order chi connectivity index (χ0) is 19.9. The first-order chi connectivity index (χ1) is 13.6. The first kappa shape index (κ1) is 20.4. The summed E-state index contributed by atoms with van der Waals surface area (Å²) in [6.45, 7) is 5.51. The number of aromatic nitrogens is 2. The minimum absolute atomic E-state index is 0.149. The van der Waals surface area contributed by atoms with E-state index < -0.39 is 11.3 Å². The molecule has 2 heterocycles. The molecule has 8 heteroatoms. The minimum Gasteiger partial charge on any atom is -0.376 e. The van der Waals surface area contributed by atoms with Gasteiger partial charge in [-0.3, -0.25) is 10.1 Å². The molecule has 1 saturated heterocycles. The maximum atomic E-state index is 12.3. The van der Waals surface area contributed by atoms with Gasteiger partial charge in [0.25, 0.3) is 0 Å². The molecule has 1 aromatic heterocycles. The van der Waals surface area contributed by atoms with Crippen LogP contribution in [-0.4, -0.2) is 46.0 Å². The predicted molar refractivity (Wildman–Crippen MR) is 109 cm³/mol. The van der Waals surface area contributed by atoms with E-state index in [1.54, 1.807) is 13.8 Å². The maximum Gasteiger partial charge on any atom is 0.321 e. The number of imide groups is 1. The van der Waals surface area contributed by atoms with Crippen LogP contribution >= 0.6 is 11.8 Å². The number of carbonyl (C=O) groups excluding carboxylic acids is 2. The number of amides is 3. The van der Waals surface area contributed by atoms with Crippen molar-refractivity contribution < 1.29 is 14.3 Å². The number of rotatable bonds is 7. The van der Waals surface area contributed by atoms with Crippen molar-refractivity contribution in [3.05, 3.63) is 36.5 Å². The Bertz CT molecular complexity index is 803. The first-order valence-electron chi connectivity index (χ1n) is 9.56. The van der Waals surface area contributed by atoms with E-state index in [2.05, 4.69) is 20.2 Å². The van der Waals surface area contributed by atoms with Crippen LogP contribution in [-0.2, 0) is 16.1 Å². The van der Waals surface area contributed by atoms with Crippen molar-refractivity contribution in [2.24, 2.45) is 0 Å². The summed E-state index contributed by atoms with van der Waals surface area (Å²) in [7, 11) is 0. The number of urea groups is 1. The Labute approximate surface area is 169 Å². The second kappa shape index (κ2) is 9.75. The fraction of sp³-hybridized carbons (Fsp3) is 0.450. The number of hydrogen-bond acceptors (Lipinski definition) is 5. The van der Waals surface area contributed by atoms with Crippen LogP contribution in [0.2, 0.25) is 0 Å². The van der Waals surface area contributed by atoms with E-state index in [0.29, 0.717) is 13.1 Å². The van der Waals surface area contributed by atoms with E-state index in [0.717, 1.165) is 35.9 Å². The molecule has 0 spiro atoms. The van der Waals surface area contributed by atoms with Gasteiger partial charge in [0.1, 0.15) is 0 Å². The lowest BCUT2D eigenvalue weighted by Crippen LogP contribution is -2.42. The van der Waals surface area contributed by atoms with Gasteiger partial charge >= 0.3 is 6.03 Å². The highest BCUT2D eigenvalue weighted by Gasteiger charge is 2.24. The van der Waals surface area contributed by atoms with Crippen molar-refractivity contribution >= 4 is 23.7 Å². The molecule has 1 aliphatic rings. The summed E-state index contributed by atoms with van der Waals surface area (Å²) < 4.78 is 7.93. The van der Waals surface area contributed by atoms with Crippen molar-refractivity contribution in [3.8, 4) is 11.3 Å². The van der Waals surface area contributed by atoms with Crippen molar-refractivity contribution in [3.63, 3.8) is 0 Å². The van der Waals surface area contributed by atoms with E-state index in [-0.39, 0.29) is 12.0 Å². The molecule has 0 bridgehead atoms. The van der Waals surface area contributed by atoms with Gasteiger partial charge in [-0.1, -0.05) is 42.1 Å². The van der Waals surface area contributed by atoms with Crippen molar-refractivity contribution in [1.29, 1.82) is 0 Å². The second-order valence-corrected chi connectivity index (χ2v) is 7.95. The summed E-state index contributed by atoms with van der Waals surface area (Å²) in [5, 5.41) is 5.21. The van der Waals surface area contributed by atoms with Gasteiger partial charge in [0.05, 0.1) is 29.8 Å². The topological polar surface area (TPSA) is 85.3 Å². The smallest absolute Gasteiger partial charge is 0.321 e. The highest BCUT2D eigenvalue weighted by atomic mass is 32.2. The summed E-state index contributed by atoms with van der Waals surface area (Å²) >= 11 is 1.34. The van der Waals surface area contributed by atoms with E-state index >= 15 is 0 Å². The van der Waals surface area contributed by atoms with E-state index in [9.17, 15) is 9.59 Å². The van der Waals surface area contributed by atoms with Crippen LogP contribution in [0.15, 0.2) is 41.7 Å². The summed E-state index contributed by atoms with van der Waals surface area (Å²) in [4.78, 5) is 28.5. The summed E-state index contributed by atoms with van der Waals surface area (Å²) in [5.41, 5.74) is 2.06. The van der Waals surface area contributed by atoms with Gasteiger partial charge in [-0.15, -0.1) is 0 Å². The Hall–Kier alpha value is -2.32. The van der Waals surface area contributed by atoms with Crippen molar-refractivity contribution in [2.45, 2.75) is 49.7 Å². The van der Waals surface area contributed by atoms with Gasteiger partial charge in [-0.05, 0) is 32.3 Å². The zero-order valence-corrected chi connectivity index (χ0v) is 17.0. The lowest BCUT2D eigenvalue weighted by Gasteiger charge is -2.17. The van der Waals surface area contributed by atoms with Crippen molar-refractivity contribution in [1.82, 2.24) is 20.2 Å². The van der Waals surface area contributed by atoms with Crippen LogP contribution in [0.4, 0.5) is 4.79 Å². The molecule has 3 amide bonds. The third-order valence-corrected chi connectivity index (χ3v) is 5.63. The maximum absolute atomic E-state index is 12.3. The van der Waals surface area contributed by atoms with Gasteiger partial charge < -0.3 is 14.6 Å². The van der Waals surface area contributed by atoms with Gasteiger partial charge in [-0.2, -0.15) is 0 Å². The van der Waals surface area contributed by atoms with Gasteiger partial charge in [-0.25, -0.2) is 9.78 Å². The number of benzene rings is 1. The van der Waals surface area contributed by atoms with E-state index in [1.807, 2.05) is 36.5 Å². The average Bonchev–Trinajstić information content (AvgIpc) is 3.33. The van der Waals surface area contributed by atoms with Crippen molar-refractivity contribution in [2.75, 3.05) is 13.2 Å². The molecule has 0 radical (unpaired) electrons. The quantitative estimate of drug-likeness (QED) is 0.696. The number of ether oxygens (including phenoxy) is 1. The highest BCUT2D eigenvalue weighted by molar-refractivity contribution is 8.00. The molecule has 1 aromatic carbocycles. The Balaban J connectivity index is 1.78. The lowest BCUT2D eigenvalue weighted by molar-refractivity contribution is -0.119. The highest BCUT2D eigenvalue weighted by Crippen LogP contribution is 2.30. The molecular weight excluding hydrogens is 376 g/mol. The van der Waals surface area contributed by atoms with Crippen LogP contribution in [0, 0.1) is 0 Å². The third-order valence-electron chi connectivity index (χ3n) is 4.52.